The third kappa shape index (κ3) is 4.46. The van der Waals surface area contributed by atoms with E-state index >= 15 is 0 Å². The van der Waals surface area contributed by atoms with Gasteiger partial charge in [0.15, 0.2) is 5.82 Å². The first-order chi connectivity index (χ1) is 17.2. The molecule has 0 spiro atoms. The molecule has 0 atom stereocenters. The largest absolute Gasteiger partial charge is 0.497 e. The molecule has 0 bridgehead atoms. The van der Waals surface area contributed by atoms with Crippen molar-refractivity contribution in [3.05, 3.63) is 108 Å². The predicted octanol–water partition coefficient (Wildman–Crippen LogP) is 6.02. The molecule has 0 aliphatic rings. The Balaban J connectivity index is 1.48. The summed E-state index contributed by atoms with van der Waals surface area (Å²) in [4.78, 5) is 13.5. The van der Waals surface area contributed by atoms with Gasteiger partial charge in [-0.15, -0.1) is 0 Å². The zero-order valence-electron chi connectivity index (χ0n) is 19.5. The highest BCUT2D eigenvalue weighted by Gasteiger charge is 2.24. The van der Waals surface area contributed by atoms with Crippen LogP contribution in [0, 0.1) is 0 Å². The molecular formula is C29H25N3O3. The number of ether oxygens (including phenoxy) is 2. The van der Waals surface area contributed by atoms with Crippen molar-refractivity contribution in [2.24, 2.45) is 0 Å². The Morgan fingerprint density at radius 1 is 0.829 bits per heavy atom. The quantitative estimate of drug-likeness (QED) is 0.310. The van der Waals surface area contributed by atoms with Crippen molar-refractivity contribution in [3.8, 4) is 22.6 Å². The van der Waals surface area contributed by atoms with Gasteiger partial charge in [-0.05, 0) is 47.0 Å². The van der Waals surface area contributed by atoms with Crippen LogP contribution in [0.3, 0.4) is 0 Å². The van der Waals surface area contributed by atoms with Gasteiger partial charge in [-0.25, -0.2) is 0 Å². The summed E-state index contributed by atoms with van der Waals surface area (Å²) in [5, 5.41) is 11.3. The molecule has 2 N–H and O–H groups in total. The lowest BCUT2D eigenvalue weighted by atomic mass is 9.90. The molecule has 1 amide bonds. The van der Waals surface area contributed by atoms with E-state index in [1.807, 2.05) is 97.1 Å². The van der Waals surface area contributed by atoms with Crippen LogP contribution >= 0.6 is 0 Å². The second-order valence-corrected chi connectivity index (χ2v) is 8.14. The lowest BCUT2D eigenvalue weighted by molar-refractivity contribution is -0.116. The number of nitrogens with zero attached hydrogens (tertiary/aromatic N) is 1. The minimum absolute atomic E-state index is 0.144. The molecule has 1 heterocycles. The summed E-state index contributed by atoms with van der Waals surface area (Å²) in [6.07, 6.45) is 0. The summed E-state index contributed by atoms with van der Waals surface area (Å²) in [5.74, 6) is 1.38. The van der Waals surface area contributed by atoms with Gasteiger partial charge in [-0.2, -0.15) is 5.10 Å². The Morgan fingerprint density at radius 2 is 1.51 bits per heavy atom. The smallest absolute Gasteiger partial charge is 0.237 e. The molecule has 0 saturated carbocycles. The number of aromatic amines is 1. The number of carbonyl (C=O) groups excluding carboxylic acids is 1. The maximum Gasteiger partial charge on any atom is 0.237 e. The number of benzene rings is 4. The maximum atomic E-state index is 13.5. The van der Waals surface area contributed by atoms with Crippen molar-refractivity contribution in [1.29, 1.82) is 0 Å². The van der Waals surface area contributed by atoms with Gasteiger partial charge < -0.3 is 14.8 Å². The first-order valence-electron chi connectivity index (χ1n) is 11.3. The summed E-state index contributed by atoms with van der Waals surface area (Å²) in [5.41, 5.74) is 4.49. The first-order valence-corrected chi connectivity index (χ1v) is 11.3. The molecule has 0 radical (unpaired) electrons. The minimum atomic E-state index is -0.454. The Hall–Kier alpha value is -4.58. The van der Waals surface area contributed by atoms with E-state index in [4.69, 9.17) is 9.47 Å². The van der Waals surface area contributed by atoms with Gasteiger partial charge in [-0.3, -0.25) is 9.89 Å². The van der Waals surface area contributed by atoms with Gasteiger partial charge >= 0.3 is 0 Å². The lowest BCUT2D eigenvalue weighted by Gasteiger charge is -2.17. The van der Waals surface area contributed by atoms with E-state index in [0.717, 1.165) is 44.7 Å². The van der Waals surface area contributed by atoms with Crippen molar-refractivity contribution in [1.82, 2.24) is 10.2 Å². The Labute approximate surface area is 203 Å². The van der Waals surface area contributed by atoms with E-state index in [1.54, 1.807) is 14.2 Å². The van der Waals surface area contributed by atoms with Crippen LogP contribution < -0.4 is 14.8 Å². The Bertz CT molecular complexity index is 1420. The topological polar surface area (TPSA) is 76.2 Å². The number of methoxy groups -OCH3 is 2. The maximum absolute atomic E-state index is 13.5. The molecule has 35 heavy (non-hydrogen) atoms. The van der Waals surface area contributed by atoms with Gasteiger partial charge in [0, 0.05) is 10.9 Å². The van der Waals surface area contributed by atoms with Crippen LogP contribution in [0.5, 0.6) is 11.5 Å². The fourth-order valence-electron chi connectivity index (χ4n) is 4.30. The molecule has 0 saturated heterocycles. The van der Waals surface area contributed by atoms with E-state index < -0.39 is 5.92 Å². The third-order valence-electron chi connectivity index (χ3n) is 6.05. The SMILES string of the molecule is COc1ccc(OC)c(-c2ccc3c(NC(=O)C(c4ccccc4)c4ccccc4)n[nH]c3c2)c1. The number of amides is 1. The molecule has 6 nitrogen and oxygen atoms in total. The summed E-state index contributed by atoms with van der Waals surface area (Å²) in [7, 11) is 3.28. The zero-order valence-corrected chi connectivity index (χ0v) is 19.5. The molecule has 5 aromatic rings. The van der Waals surface area contributed by atoms with Crippen LogP contribution in [0.4, 0.5) is 5.82 Å². The molecule has 0 fully saturated rings. The van der Waals surface area contributed by atoms with Gasteiger partial charge in [0.25, 0.3) is 0 Å². The highest BCUT2D eigenvalue weighted by Crippen LogP contribution is 2.36. The van der Waals surface area contributed by atoms with Crippen LogP contribution in [0.2, 0.25) is 0 Å². The molecule has 0 unspecified atom stereocenters. The molecule has 6 heteroatoms. The third-order valence-corrected chi connectivity index (χ3v) is 6.05. The van der Waals surface area contributed by atoms with Crippen LogP contribution in [0.25, 0.3) is 22.0 Å². The lowest BCUT2D eigenvalue weighted by Crippen LogP contribution is -2.22. The predicted molar refractivity (Wildman–Crippen MR) is 138 cm³/mol. The number of rotatable bonds is 7. The Morgan fingerprint density at radius 3 is 2.14 bits per heavy atom. The van der Waals surface area contributed by atoms with Gasteiger partial charge in [0.1, 0.15) is 11.5 Å². The van der Waals surface area contributed by atoms with Crippen molar-refractivity contribution in [2.45, 2.75) is 5.92 Å². The average molecular weight is 464 g/mol. The number of hydrogen-bond acceptors (Lipinski definition) is 4. The summed E-state index contributed by atoms with van der Waals surface area (Å²) in [6, 6.07) is 31.1. The van der Waals surface area contributed by atoms with Crippen LogP contribution in [-0.4, -0.2) is 30.3 Å². The van der Waals surface area contributed by atoms with Crippen molar-refractivity contribution >= 4 is 22.6 Å². The number of fused-ring (bicyclic) bond motifs is 1. The van der Waals surface area contributed by atoms with Crippen molar-refractivity contribution in [3.63, 3.8) is 0 Å². The van der Waals surface area contributed by atoms with E-state index in [1.165, 1.54) is 0 Å². The number of aromatic nitrogens is 2. The average Bonchev–Trinajstić information content (AvgIpc) is 3.31. The molecule has 174 valence electrons. The standard InChI is InChI=1S/C29H25N3O3/c1-34-22-14-16-26(35-2)24(18-22)21-13-15-23-25(17-21)31-32-28(23)30-29(33)27(19-9-5-3-6-10-19)20-11-7-4-8-12-20/h3-18,27H,1-2H3,(H2,30,31,32,33). The second-order valence-electron chi connectivity index (χ2n) is 8.14. The number of anilines is 1. The molecule has 4 aromatic carbocycles. The van der Waals surface area contributed by atoms with E-state index in [-0.39, 0.29) is 5.91 Å². The van der Waals surface area contributed by atoms with Crippen molar-refractivity contribution in [2.75, 3.05) is 19.5 Å². The molecular weight excluding hydrogens is 438 g/mol. The number of nitrogens with one attached hydrogen (secondary N) is 2. The van der Waals surface area contributed by atoms with Gasteiger partial charge in [0.05, 0.1) is 25.7 Å². The van der Waals surface area contributed by atoms with E-state index in [0.29, 0.717) is 5.82 Å². The Kier molecular flexibility index (Phi) is 6.18. The highest BCUT2D eigenvalue weighted by molar-refractivity contribution is 6.04. The zero-order chi connectivity index (χ0) is 24.2. The second kappa shape index (κ2) is 9.73. The van der Waals surface area contributed by atoms with Crippen molar-refractivity contribution < 1.29 is 14.3 Å². The van der Waals surface area contributed by atoms with Gasteiger partial charge in [-0.1, -0.05) is 66.7 Å². The summed E-state index contributed by atoms with van der Waals surface area (Å²) < 4.78 is 10.9. The number of carbonyl (C=O) groups is 1. The monoisotopic (exact) mass is 463 g/mol. The molecule has 5 rings (SSSR count). The molecule has 0 aliphatic carbocycles. The minimum Gasteiger partial charge on any atom is -0.497 e. The van der Waals surface area contributed by atoms with E-state index in [2.05, 4.69) is 15.5 Å². The van der Waals surface area contributed by atoms with Crippen LogP contribution in [0.1, 0.15) is 17.0 Å². The fourth-order valence-corrected chi connectivity index (χ4v) is 4.30. The highest BCUT2D eigenvalue weighted by atomic mass is 16.5. The summed E-state index contributed by atoms with van der Waals surface area (Å²) in [6.45, 7) is 0. The van der Waals surface area contributed by atoms with Crippen LogP contribution in [-0.2, 0) is 4.79 Å². The van der Waals surface area contributed by atoms with Gasteiger partial charge in [0.2, 0.25) is 5.91 Å². The molecule has 0 aliphatic heterocycles. The summed E-state index contributed by atoms with van der Waals surface area (Å²) >= 11 is 0. The number of H-pyrrole nitrogens is 1. The molecule has 1 aromatic heterocycles. The van der Waals surface area contributed by atoms with Crippen LogP contribution in [0.15, 0.2) is 97.1 Å². The first kappa shape index (κ1) is 22.2. The van der Waals surface area contributed by atoms with E-state index in [9.17, 15) is 4.79 Å². The fraction of sp³-hybridized carbons (Fsp3) is 0.103. The number of hydrogen-bond donors (Lipinski definition) is 2. The normalized spacial score (nSPS) is 10.9.